The summed E-state index contributed by atoms with van der Waals surface area (Å²) in [4.78, 5) is 41.9. The molecule has 16 heteroatoms. The van der Waals surface area contributed by atoms with Gasteiger partial charge in [-0.1, -0.05) is 45.9 Å². The van der Waals surface area contributed by atoms with E-state index in [1.54, 1.807) is 44.9 Å². The highest BCUT2D eigenvalue weighted by Crippen LogP contribution is 2.55. The zero-order chi connectivity index (χ0) is 46.2. The Morgan fingerprint density at radius 2 is 1.66 bits per heavy atom. The van der Waals surface area contributed by atoms with Gasteiger partial charge in [0.15, 0.2) is 5.75 Å². The number of nitrogens with zero attached hydrogens (tertiary/aromatic N) is 3. The summed E-state index contributed by atoms with van der Waals surface area (Å²) in [5.74, 6) is -8.92. The highest BCUT2D eigenvalue weighted by molar-refractivity contribution is 6.23. The zero-order valence-corrected chi connectivity index (χ0v) is 34.8. The molecular weight excluding hydrogens is 764 g/mol. The molecule has 0 radical (unpaired) electrons. The van der Waals surface area contributed by atoms with Gasteiger partial charge in [-0.2, -0.15) is 5.10 Å². The van der Waals surface area contributed by atoms with E-state index in [2.05, 4.69) is 10.4 Å². The fourth-order valence-electron chi connectivity index (χ4n) is 7.82. The molecule has 0 aliphatic carbocycles. The number of Topliss-reactive ketones (excluding diaryl/α,β-unsaturated/α-hetero) is 1. The molecule has 322 valence electrons. The Kier molecular flexibility index (Phi) is 12.4. The maximum Gasteiger partial charge on any atom is 0.312 e. The Labute approximate surface area is 348 Å². The number of aromatic hydroxyl groups is 3. The molecule has 4 aliphatic heterocycles. The Morgan fingerprint density at radius 1 is 0.983 bits per heavy atom. The molecule has 2 aromatic carbocycles. The molecule has 16 nitrogen and oxygen atoms in total. The molecule has 9 atom stereocenters. The molecule has 1 saturated heterocycles. The number of benzene rings is 2. The third-order valence-corrected chi connectivity index (χ3v) is 11.6. The van der Waals surface area contributed by atoms with E-state index in [1.807, 2.05) is 0 Å². The highest BCUT2D eigenvalue weighted by Gasteiger charge is 2.50. The fraction of sp³-hybridized carbons (Fsp3) is 0.535. The lowest BCUT2D eigenvalue weighted by Crippen LogP contribution is -2.46. The molecule has 5 bridgehead atoms. The number of phenols is 3. The molecule has 2 aromatic rings. The van der Waals surface area contributed by atoms with Crippen LogP contribution in [0.2, 0.25) is 0 Å². The van der Waals surface area contributed by atoms with Crippen LogP contribution in [0.3, 0.4) is 0 Å². The van der Waals surface area contributed by atoms with Gasteiger partial charge in [-0.15, -0.1) is 0 Å². The molecule has 6 rings (SSSR count). The minimum atomic E-state index is -2.30. The van der Waals surface area contributed by atoms with Crippen LogP contribution in [-0.2, 0) is 23.8 Å². The second-order valence-corrected chi connectivity index (χ2v) is 15.8. The number of ketones is 1. The van der Waals surface area contributed by atoms with Crippen LogP contribution in [0.4, 0.5) is 5.69 Å². The number of methoxy groups -OCH3 is 1. The van der Waals surface area contributed by atoms with E-state index in [4.69, 9.17) is 23.1 Å². The van der Waals surface area contributed by atoms with Crippen LogP contribution in [-0.4, -0.2) is 130 Å². The van der Waals surface area contributed by atoms with Gasteiger partial charge >= 0.3 is 11.8 Å². The molecule has 4 aliphatic rings. The average Bonchev–Trinajstić information content (AvgIpc) is 3.48. The fourth-order valence-corrected chi connectivity index (χ4v) is 7.82. The smallest absolute Gasteiger partial charge is 0.312 e. The van der Waals surface area contributed by atoms with Crippen molar-refractivity contribution in [3.05, 3.63) is 52.8 Å². The molecular formula is C43H58N4O12. The lowest BCUT2D eigenvalue weighted by Gasteiger charge is -2.38. The van der Waals surface area contributed by atoms with E-state index < -0.39 is 95.8 Å². The van der Waals surface area contributed by atoms with E-state index in [0.717, 1.165) is 6.21 Å². The van der Waals surface area contributed by atoms with Crippen molar-refractivity contribution < 1.29 is 63.0 Å². The van der Waals surface area contributed by atoms with Crippen molar-refractivity contribution in [3.63, 3.8) is 0 Å². The number of piperazine rings is 1. The summed E-state index contributed by atoms with van der Waals surface area (Å²) in [6.07, 6.45) is 4.45. The van der Waals surface area contributed by atoms with Crippen LogP contribution in [0.5, 0.6) is 23.0 Å². The molecule has 0 spiro atoms. The minimum absolute atomic E-state index is 0.00936. The van der Waals surface area contributed by atoms with Crippen LogP contribution in [0.15, 0.2) is 41.2 Å². The van der Waals surface area contributed by atoms with E-state index >= 15 is 0 Å². The molecule has 0 saturated carbocycles. The minimum Gasteiger partial charge on any atom is -0.507 e. The number of carbonyl (C=O) groups is 3. The van der Waals surface area contributed by atoms with Crippen molar-refractivity contribution in [2.75, 3.05) is 45.6 Å². The number of fused-ring (bicyclic) bond motifs is 14. The number of anilines is 1. The largest absolute Gasteiger partial charge is 0.507 e. The van der Waals surface area contributed by atoms with Crippen molar-refractivity contribution in [2.24, 2.45) is 28.8 Å². The van der Waals surface area contributed by atoms with Gasteiger partial charge in [-0.3, -0.25) is 19.4 Å². The van der Waals surface area contributed by atoms with Gasteiger partial charge in [-0.05, 0) is 26.9 Å². The lowest BCUT2D eigenvalue weighted by molar-refractivity contribution is -0.160. The number of rotatable bonds is 4. The van der Waals surface area contributed by atoms with Crippen molar-refractivity contribution in [1.29, 1.82) is 0 Å². The molecule has 59 heavy (non-hydrogen) atoms. The standard InChI is InChI=1S/C43H58N4O12/c1-21-12-11-13-22(2)42(55)45-33-28(20-44-47-17-15-46(9)16-18-47)37(52)30-31(38(33)53)36(51)26(6)40-32(30)41(54)43(8,59-40)57-19-14-29(56-10)23(3)39(58-27(7)48)25(5)35(50)24(4)34(21)49/h11-14,19-21,23-25,29,34-35,39,49-53H,15-18H2,1-10H3,(H,45,55)/b12-11+,19-14+,22-13+,44-20-/t21-,23-,24+,25+,29-,34-,35+,39+,43-/m0/s1/i9D3. The maximum absolute atomic E-state index is 14.5. The highest BCUT2D eigenvalue weighted by atomic mass is 16.7. The number of hydrogen-bond acceptors (Lipinski definition) is 15. The Morgan fingerprint density at radius 3 is 2.29 bits per heavy atom. The van der Waals surface area contributed by atoms with E-state index in [-0.39, 0.29) is 70.7 Å². The molecule has 4 heterocycles. The number of hydrazone groups is 1. The number of allylic oxidation sites excluding steroid dienone is 2. The molecule has 6 N–H and O–H groups in total. The number of ether oxygens (including phenoxy) is 4. The second kappa shape index (κ2) is 18.0. The summed E-state index contributed by atoms with van der Waals surface area (Å²) in [5, 5.41) is 66.4. The summed E-state index contributed by atoms with van der Waals surface area (Å²) >= 11 is 0. The predicted molar refractivity (Wildman–Crippen MR) is 220 cm³/mol. The molecule has 1 fully saturated rings. The predicted octanol–water partition coefficient (Wildman–Crippen LogP) is 4.34. The van der Waals surface area contributed by atoms with Crippen molar-refractivity contribution >= 4 is 40.3 Å². The first kappa shape index (κ1) is 40.6. The van der Waals surface area contributed by atoms with E-state index in [1.165, 1.54) is 58.1 Å². The van der Waals surface area contributed by atoms with Gasteiger partial charge in [0.25, 0.3) is 11.7 Å². The number of likely N-dealkylation sites (N-methyl/N-ethyl adjacent to an activating group) is 1. The maximum atomic E-state index is 14.5. The van der Waals surface area contributed by atoms with E-state index in [9.17, 15) is 39.9 Å². The lowest BCUT2D eigenvalue weighted by atomic mass is 9.78. The topological polar surface area (TPSA) is 220 Å². The number of esters is 1. The average molecular weight is 826 g/mol. The van der Waals surface area contributed by atoms with Crippen LogP contribution >= 0.6 is 0 Å². The van der Waals surface area contributed by atoms with Gasteiger partial charge in [0, 0.05) is 91.4 Å². The summed E-state index contributed by atoms with van der Waals surface area (Å²) in [7, 11) is 1.42. The third kappa shape index (κ3) is 8.91. The number of phenolic OH excluding ortho intramolecular Hbond substituents is 3. The van der Waals surface area contributed by atoms with Crippen molar-refractivity contribution in [3.8, 4) is 23.0 Å². The van der Waals surface area contributed by atoms with Gasteiger partial charge in [0.05, 0.1) is 53.0 Å². The van der Waals surface area contributed by atoms with Crippen LogP contribution in [0.1, 0.15) is 74.1 Å². The summed E-state index contributed by atoms with van der Waals surface area (Å²) in [6.45, 7) is 10.7. The Balaban J connectivity index is 1.69. The van der Waals surface area contributed by atoms with Crippen molar-refractivity contribution in [2.45, 2.75) is 85.6 Å². The summed E-state index contributed by atoms with van der Waals surface area (Å²) in [6, 6.07) is 0. The molecule has 0 unspecified atom stereocenters. The Hall–Kier alpha value is -5.16. The number of amides is 1. The Bertz CT molecular complexity index is 2180. The van der Waals surface area contributed by atoms with Crippen LogP contribution < -0.4 is 10.1 Å². The number of aliphatic hydroxyl groups excluding tert-OH is 2. The quantitative estimate of drug-likeness (QED) is 0.109. The SMILES string of the molecule is [2H]C([2H])([2H])N1CCN(/N=C\c2c3c(O)c4c(O)c(C)c5c(c4c2O)C(=O)[C@@](C)(O/C=C/[C@H](OC)[C@H](C)[C@@H](OC(C)=O)[C@H](C)[C@H](O)[C@H](C)[C@@H](O)[C@@H](C)/C=C/C=C(\C)C(=O)N3)O5)CC1. The number of nitrogens with one attached hydrogen (secondary N) is 1. The first-order valence-electron chi connectivity index (χ1n) is 21.1. The second-order valence-electron chi connectivity index (χ2n) is 15.8. The number of hydrogen-bond donors (Lipinski definition) is 6. The number of carbonyl (C=O) groups excluding carboxylic acids is 3. The first-order valence-corrected chi connectivity index (χ1v) is 19.6. The van der Waals surface area contributed by atoms with E-state index in [0.29, 0.717) is 0 Å². The normalized spacial score (nSPS) is 33.0. The van der Waals surface area contributed by atoms with Gasteiger partial charge in [-0.25, -0.2) is 0 Å². The first-order chi connectivity index (χ1) is 28.9. The van der Waals surface area contributed by atoms with Gasteiger partial charge in [0.1, 0.15) is 23.4 Å². The van der Waals surface area contributed by atoms with Crippen molar-refractivity contribution in [1.82, 2.24) is 9.91 Å². The monoisotopic (exact) mass is 825 g/mol. The summed E-state index contributed by atoms with van der Waals surface area (Å²) in [5.41, 5.74) is -0.716. The summed E-state index contributed by atoms with van der Waals surface area (Å²) < 4.78 is 46.7. The third-order valence-electron chi connectivity index (χ3n) is 11.6. The van der Waals surface area contributed by atoms with Gasteiger partial charge in [0.2, 0.25) is 0 Å². The number of aliphatic hydroxyl groups is 2. The van der Waals surface area contributed by atoms with Crippen LogP contribution in [0.25, 0.3) is 10.8 Å². The zero-order valence-electron chi connectivity index (χ0n) is 37.8. The van der Waals surface area contributed by atoms with Gasteiger partial charge < -0.3 is 54.7 Å². The van der Waals surface area contributed by atoms with Crippen LogP contribution in [0, 0.1) is 30.6 Å². The molecule has 1 amide bonds. The molecule has 0 aromatic heterocycles.